The molecule has 0 spiro atoms. The molecular formula is C16H12Cl2N2O2. The van der Waals surface area contributed by atoms with Crippen LogP contribution >= 0.6 is 23.2 Å². The highest BCUT2D eigenvalue weighted by atomic mass is 35.5. The standard InChI is InChI=1S/C16H12Cl2N2O2/c17-13-5-2-6-14(18)12(13)7-8-15(21)20-11-4-1-3-10(9-11)16(19)22/h1-9H,(H2,19,22)(H,20,21)/b8-7+. The van der Waals surface area contributed by atoms with Crippen molar-refractivity contribution in [3.63, 3.8) is 0 Å². The van der Waals surface area contributed by atoms with E-state index >= 15 is 0 Å². The number of anilines is 1. The third-order valence-corrected chi connectivity index (χ3v) is 3.47. The largest absolute Gasteiger partial charge is 0.366 e. The maximum absolute atomic E-state index is 11.9. The molecule has 0 heterocycles. The van der Waals surface area contributed by atoms with E-state index in [9.17, 15) is 9.59 Å². The lowest BCUT2D eigenvalue weighted by Crippen LogP contribution is -2.12. The van der Waals surface area contributed by atoms with Gasteiger partial charge in [0.15, 0.2) is 0 Å². The third-order valence-electron chi connectivity index (χ3n) is 2.82. The summed E-state index contributed by atoms with van der Waals surface area (Å²) in [5.74, 6) is -0.938. The first-order valence-corrected chi connectivity index (χ1v) is 7.06. The van der Waals surface area contributed by atoms with E-state index in [-0.39, 0.29) is 5.91 Å². The molecule has 112 valence electrons. The van der Waals surface area contributed by atoms with Crippen LogP contribution in [0.25, 0.3) is 6.08 Å². The van der Waals surface area contributed by atoms with Crippen molar-refractivity contribution in [3.05, 3.63) is 69.7 Å². The minimum Gasteiger partial charge on any atom is -0.366 e. The van der Waals surface area contributed by atoms with Crippen molar-refractivity contribution in [3.8, 4) is 0 Å². The number of benzene rings is 2. The Balaban J connectivity index is 2.12. The zero-order valence-electron chi connectivity index (χ0n) is 11.3. The van der Waals surface area contributed by atoms with Crippen LogP contribution < -0.4 is 11.1 Å². The second-order valence-electron chi connectivity index (χ2n) is 4.40. The molecule has 0 aliphatic heterocycles. The topological polar surface area (TPSA) is 72.2 Å². The molecule has 22 heavy (non-hydrogen) atoms. The molecule has 0 bridgehead atoms. The van der Waals surface area contributed by atoms with Crippen molar-refractivity contribution in [2.75, 3.05) is 5.32 Å². The molecule has 0 radical (unpaired) electrons. The van der Waals surface area contributed by atoms with Crippen LogP contribution in [0.1, 0.15) is 15.9 Å². The Morgan fingerprint density at radius 1 is 1.05 bits per heavy atom. The summed E-state index contributed by atoms with van der Waals surface area (Å²) < 4.78 is 0. The minimum atomic E-state index is -0.561. The zero-order chi connectivity index (χ0) is 16.1. The maximum atomic E-state index is 11.9. The van der Waals surface area contributed by atoms with Crippen molar-refractivity contribution < 1.29 is 9.59 Å². The number of primary amides is 1. The number of hydrogen-bond donors (Lipinski definition) is 2. The van der Waals surface area contributed by atoms with Crippen molar-refractivity contribution >= 4 is 46.8 Å². The van der Waals surface area contributed by atoms with Crippen LogP contribution in [0.3, 0.4) is 0 Å². The molecule has 0 aliphatic rings. The first-order chi connectivity index (χ1) is 10.5. The van der Waals surface area contributed by atoms with Crippen LogP contribution in [0, 0.1) is 0 Å². The predicted molar refractivity (Wildman–Crippen MR) is 89.1 cm³/mol. The number of nitrogens with one attached hydrogen (secondary N) is 1. The second kappa shape index (κ2) is 7.11. The summed E-state index contributed by atoms with van der Waals surface area (Å²) in [7, 11) is 0. The Bertz CT molecular complexity index is 737. The molecule has 0 aliphatic carbocycles. The van der Waals surface area contributed by atoms with Crippen molar-refractivity contribution in [1.82, 2.24) is 0 Å². The van der Waals surface area contributed by atoms with Gasteiger partial charge in [0.2, 0.25) is 11.8 Å². The number of hydrogen-bond acceptors (Lipinski definition) is 2. The van der Waals surface area contributed by atoms with Gasteiger partial charge in [-0.15, -0.1) is 0 Å². The average molecular weight is 335 g/mol. The molecule has 2 amide bonds. The predicted octanol–water partition coefficient (Wildman–Crippen LogP) is 3.74. The lowest BCUT2D eigenvalue weighted by atomic mass is 10.2. The number of carbonyl (C=O) groups excluding carboxylic acids is 2. The van der Waals surface area contributed by atoms with Crippen LogP contribution in [0.2, 0.25) is 10.0 Å². The Hall–Kier alpha value is -2.30. The molecule has 2 aromatic carbocycles. The Kier molecular flexibility index (Phi) is 5.20. The molecule has 0 atom stereocenters. The van der Waals surface area contributed by atoms with E-state index in [0.717, 1.165) is 0 Å². The zero-order valence-corrected chi connectivity index (χ0v) is 12.9. The molecule has 2 rings (SSSR count). The SMILES string of the molecule is NC(=O)c1cccc(NC(=O)/C=C/c2c(Cl)cccc2Cl)c1. The Morgan fingerprint density at radius 2 is 1.68 bits per heavy atom. The fourth-order valence-corrected chi connectivity index (χ4v) is 2.29. The van der Waals surface area contributed by atoms with Crippen molar-refractivity contribution in [1.29, 1.82) is 0 Å². The number of halogens is 2. The summed E-state index contributed by atoms with van der Waals surface area (Å²) in [6.45, 7) is 0. The van der Waals surface area contributed by atoms with Gasteiger partial charge in [0.05, 0.1) is 0 Å². The fourth-order valence-electron chi connectivity index (χ4n) is 1.76. The smallest absolute Gasteiger partial charge is 0.248 e. The summed E-state index contributed by atoms with van der Waals surface area (Å²) in [6, 6.07) is 11.4. The number of rotatable bonds is 4. The molecule has 0 saturated heterocycles. The summed E-state index contributed by atoms with van der Waals surface area (Å²) in [4.78, 5) is 23.0. The van der Waals surface area contributed by atoms with E-state index < -0.39 is 5.91 Å². The molecule has 0 saturated carbocycles. The van der Waals surface area contributed by atoms with E-state index in [4.69, 9.17) is 28.9 Å². The molecule has 0 aromatic heterocycles. The van der Waals surface area contributed by atoms with Gasteiger partial charge in [-0.05, 0) is 36.4 Å². The summed E-state index contributed by atoms with van der Waals surface area (Å²) in [5.41, 5.74) is 6.53. The molecule has 4 nitrogen and oxygen atoms in total. The summed E-state index contributed by atoms with van der Waals surface area (Å²) in [6.07, 6.45) is 2.84. The molecule has 2 aromatic rings. The van der Waals surface area contributed by atoms with Crippen LogP contribution in [0.15, 0.2) is 48.5 Å². The van der Waals surface area contributed by atoms with Gasteiger partial charge in [-0.25, -0.2) is 0 Å². The molecular weight excluding hydrogens is 323 g/mol. The van der Waals surface area contributed by atoms with E-state index in [0.29, 0.717) is 26.9 Å². The highest BCUT2D eigenvalue weighted by molar-refractivity contribution is 6.37. The van der Waals surface area contributed by atoms with Crippen LogP contribution in [0.4, 0.5) is 5.69 Å². The van der Waals surface area contributed by atoms with Crippen LogP contribution in [0.5, 0.6) is 0 Å². The van der Waals surface area contributed by atoms with Gasteiger partial charge in [-0.3, -0.25) is 9.59 Å². The summed E-state index contributed by atoms with van der Waals surface area (Å²) >= 11 is 12.0. The highest BCUT2D eigenvalue weighted by Crippen LogP contribution is 2.25. The normalized spacial score (nSPS) is 10.6. The van der Waals surface area contributed by atoms with E-state index in [1.165, 1.54) is 18.2 Å². The Morgan fingerprint density at radius 3 is 2.32 bits per heavy atom. The number of nitrogens with two attached hydrogens (primary N) is 1. The van der Waals surface area contributed by atoms with Gasteiger partial charge in [0, 0.05) is 32.9 Å². The number of amides is 2. The molecule has 0 unspecified atom stereocenters. The van der Waals surface area contributed by atoms with Gasteiger partial charge < -0.3 is 11.1 Å². The third kappa shape index (κ3) is 4.10. The van der Waals surface area contributed by atoms with Gasteiger partial charge in [-0.2, -0.15) is 0 Å². The van der Waals surface area contributed by atoms with Crippen LogP contribution in [-0.2, 0) is 4.79 Å². The first kappa shape index (κ1) is 16.1. The maximum Gasteiger partial charge on any atom is 0.248 e. The average Bonchev–Trinajstić information content (AvgIpc) is 2.47. The van der Waals surface area contributed by atoms with Gasteiger partial charge >= 0.3 is 0 Å². The first-order valence-electron chi connectivity index (χ1n) is 6.30. The molecule has 3 N–H and O–H groups in total. The second-order valence-corrected chi connectivity index (χ2v) is 5.22. The quantitative estimate of drug-likeness (QED) is 0.836. The van der Waals surface area contributed by atoms with E-state index in [1.54, 1.807) is 36.4 Å². The molecule has 0 fully saturated rings. The van der Waals surface area contributed by atoms with E-state index in [1.807, 2.05) is 0 Å². The number of carbonyl (C=O) groups is 2. The van der Waals surface area contributed by atoms with Gasteiger partial charge in [-0.1, -0.05) is 35.3 Å². The van der Waals surface area contributed by atoms with Gasteiger partial charge in [0.1, 0.15) is 0 Å². The Labute approximate surface area is 137 Å². The van der Waals surface area contributed by atoms with Crippen molar-refractivity contribution in [2.24, 2.45) is 5.73 Å². The highest BCUT2D eigenvalue weighted by Gasteiger charge is 2.05. The lowest BCUT2D eigenvalue weighted by Gasteiger charge is -2.04. The minimum absolute atomic E-state index is 0.316. The fraction of sp³-hybridized carbons (Fsp3) is 0. The molecule has 6 heteroatoms. The summed E-state index contributed by atoms with van der Waals surface area (Å²) in [5, 5.41) is 3.53. The van der Waals surface area contributed by atoms with E-state index in [2.05, 4.69) is 5.32 Å². The van der Waals surface area contributed by atoms with Crippen LogP contribution in [-0.4, -0.2) is 11.8 Å². The monoisotopic (exact) mass is 334 g/mol. The lowest BCUT2D eigenvalue weighted by molar-refractivity contribution is -0.111. The van der Waals surface area contributed by atoms with Crippen molar-refractivity contribution in [2.45, 2.75) is 0 Å². The van der Waals surface area contributed by atoms with Gasteiger partial charge in [0.25, 0.3) is 0 Å².